The molecule has 0 aliphatic carbocycles. The molecule has 3 rings (SSSR count). The zero-order chi connectivity index (χ0) is 14.7. The second kappa shape index (κ2) is 6.20. The van der Waals surface area contributed by atoms with Crippen molar-refractivity contribution in [3.05, 3.63) is 29.8 Å². The monoisotopic (exact) mass is 287 g/mol. The summed E-state index contributed by atoms with van der Waals surface area (Å²) in [5, 5.41) is 4.13. The van der Waals surface area contributed by atoms with Crippen molar-refractivity contribution in [2.45, 2.75) is 45.4 Å². The van der Waals surface area contributed by atoms with Crippen molar-refractivity contribution in [2.75, 3.05) is 18.0 Å². The van der Waals surface area contributed by atoms with E-state index in [1.165, 1.54) is 0 Å². The highest BCUT2D eigenvalue weighted by Crippen LogP contribution is 2.27. The summed E-state index contributed by atoms with van der Waals surface area (Å²) in [6.07, 6.45) is 5.59. The summed E-state index contributed by atoms with van der Waals surface area (Å²) in [5.74, 6) is 2.88. The topological polar surface area (TPSA) is 67.9 Å². The minimum atomic E-state index is 0.322. The second-order valence-corrected chi connectivity index (χ2v) is 5.41. The second-order valence-electron chi connectivity index (χ2n) is 5.41. The maximum Gasteiger partial charge on any atom is 0.226 e. The first-order valence-electron chi connectivity index (χ1n) is 7.68. The fourth-order valence-corrected chi connectivity index (χ4v) is 2.73. The first-order chi connectivity index (χ1) is 10.3. The van der Waals surface area contributed by atoms with E-state index >= 15 is 0 Å². The number of aromatic nitrogens is 4. The van der Waals surface area contributed by atoms with Crippen molar-refractivity contribution in [1.82, 2.24) is 20.1 Å². The van der Waals surface area contributed by atoms with Crippen LogP contribution in [0.15, 0.2) is 16.9 Å². The van der Waals surface area contributed by atoms with Crippen LogP contribution in [0.5, 0.6) is 0 Å². The Bertz CT molecular complexity index is 597. The number of piperidine rings is 1. The molecule has 0 aromatic carbocycles. The molecule has 1 aliphatic rings. The molecule has 6 nitrogen and oxygen atoms in total. The normalized spacial score (nSPS) is 19.0. The van der Waals surface area contributed by atoms with Crippen molar-refractivity contribution < 1.29 is 4.52 Å². The van der Waals surface area contributed by atoms with Crippen LogP contribution in [0.3, 0.4) is 0 Å². The average molecular weight is 287 g/mol. The standard InChI is InChI=1S/C15H21N5O/c1-3-12-8-13(17-10-16-12)20-7-5-6-11(9-20)15-18-14(4-2)21-19-15/h8,10-11H,3-7,9H2,1-2H3/t11-/m0/s1. The van der Waals surface area contributed by atoms with E-state index in [-0.39, 0.29) is 0 Å². The zero-order valence-corrected chi connectivity index (χ0v) is 12.6. The average Bonchev–Trinajstić information content (AvgIpc) is 3.04. The lowest BCUT2D eigenvalue weighted by Gasteiger charge is -2.32. The summed E-state index contributed by atoms with van der Waals surface area (Å²) in [7, 11) is 0. The molecule has 1 atom stereocenters. The van der Waals surface area contributed by atoms with Crippen LogP contribution in [0.4, 0.5) is 5.82 Å². The van der Waals surface area contributed by atoms with E-state index in [0.29, 0.717) is 5.92 Å². The van der Waals surface area contributed by atoms with Crippen molar-refractivity contribution in [3.8, 4) is 0 Å². The van der Waals surface area contributed by atoms with E-state index < -0.39 is 0 Å². The summed E-state index contributed by atoms with van der Waals surface area (Å²) >= 11 is 0. The Labute approximate surface area is 124 Å². The summed E-state index contributed by atoms with van der Waals surface area (Å²) in [6.45, 7) is 6.05. The smallest absolute Gasteiger partial charge is 0.226 e. The van der Waals surface area contributed by atoms with Crippen LogP contribution in [0.1, 0.15) is 50.0 Å². The number of rotatable bonds is 4. The van der Waals surface area contributed by atoms with Crippen LogP contribution in [-0.4, -0.2) is 33.2 Å². The van der Waals surface area contributed by atoms with Gasteiger partial charge in [-0.25, -0.2) is 9.97 Å². The molecule has 2 aromatic heterocycles. The van der Waals surface area contributed by atoms with E-state index in [0.717, 1.165) is 62.0 Å². The molecule has 21 heavy (non-hydrogen) atoms. The molecular weight excluding hydrogens is 266 g/mol. The maximum atomic E-state index is 5.24. The van der Waals surface area contributed by atoms with Gasteiger partial charge in [0.1, 0.15) is 12.1 Å². The van der Waals surface area contributed by atoms with Crippen LogP contribution in [0.25, 0.3) is 0 Å². The molecule has 0 radical (unpaired) electrons. The fraction of sp³-hybridized carbons (Fsp3) is 0.600. The number of nitrogens with zero attached hydrogens (tertiary/aromatic N) is 5. The third kappa shape index (κ3) is 3.04. The minimum Gasteiger partial charge on any atom is -0.356 e. The SMILES string of the molecule is CCc1cc(N2CCC[C@H](c3noc(CC)n3)C2)ncn1. The third-order valence-corrected chi connectivity index (χ3v) is 3.97. The quantitative estimate of drug-likeness (QED) is 0.860. The Morgan fingerprint density at radius 2 is 2.19 bits per heavy atom. The third-order valence-electron chi connectivity index (χ3n) is 3.97. The lowest BCUT2D eigenvalue weighted by molar-refractivity contribution is 0.368. The van der Waals surface area contributed by atoms with Gasteiger partial charge in [0.15, 0.2) is 5.82 Å². The van der Waals surface area contributed by atoms with E-state index in [9.17, 15) is 0 Å². The van der Waals surface area contributed by atoms with Gasteiger partial charge >= 0.3 is 0 Å². The highest BCUT2D eigenvalue weighted by molar-refractivity contribution is 5.40. The van der Waals surface area contributed by atoms with Crippen molar-refractivity contribution >= 4 is 5.82 Å². The van der Waals surface area contributed by atoms with E-state index in [1.807, 2.05) is 6.92 Å². The highest BCUT2D eigenvalue weighted by Gasteiger charge is 2.26. The van der Waals surface area contributed by atoms with Crippen LogP contribution in [0.2, 0.25) is 0 Å². The number of anilines is 1. The largest absolute Gasteiger partial charge is 0.356 e. The van der Waals surface area contributed by atoms with E-state index in [4.69, 9.17) is 4.52 Å². The number of hydrogen-bond acceptors (Lipinski definition) is 6. The number of aryl methyl sites for hydroxylation is 2. The lowest BCUT2D eigenvalue weighted by atomic mass is 9.97. The maximum absolute atomic E-state index is 5.24. The summed E-state index contributed by atoms with van der Waals surface area (Å²) < 4.78 is 5.24. The first kappa shape index (κ1) is 14.0. The van der Waals surface area contributed by atoms with Gasteiger partial charge in [0.2, 0.25) is 5.89 Å². The molecule has 0 spiro atoms. The molecule has 0 N–H and O–H groups in total. The molecule has 0 amide bonds. The molecule has 0 bridgehead atoms. The molecule has 6 heteroatoms. The van der Waals surface area contributed by atoms with Crippen molar-refractivity contribution in [1.29, 1.82) is 0 Å². The molecule has 1 saturated heterocycles. The van der Waals surface area contributed by atoms with Gasteiger partial charge in [0, 0.05) is 37.2 Å². The molecule has 0 unspecified atom stereocenters. The van der Waals surface area contributed by atoms with Gasteiger partial charge in [0.05, 0.1) is 0 Å². The van der Waals surface area contributed by atoms with Crippen LogP contribution < -0.4 is 4.90 Å². The van der Waals surface area contributed by atoms with Gasteiger partial charge in [-0.1, -0.05) is 19.0 Å². The van der Waals surface area contributed by atoms with Gasteiger partial charge in [-0.05, 0) is 19.3 Å². The van der Waals surface area contributed by atoms with Crippen molar-refractivity contribution in [3.63, 3.8) is 0 Å². The molecule has 3 heterocycles. The molecule has 1 aliphatic heterocycles. The van der Waals surface area contributed by atoms with Gasteiger partial charge < -0.3 is 9.42 Å². The van der Waals surface area contributed by atoms with Crippen LogP contribution >= 0.6 is 0 Å². The Kier molecular flexibility index (Phi) is 4.13. The van der Waals surface area contributed by atoms with Crippen LogP contribution in [0, 0.1) is 0 Å². The molecule has 2 aromatic rings. The van der Waals surface area contributed by atoms with Crippen molar-refractivity contribution in [2.24, 2.45) is 0 Å². The fourth-order valence-electron chi connectivity index (χ4n) is 2.73. The predicted octanol–water partition coefficient (Wildman–Crippen LogP) is 2.37. The Balaban J connectivity index is 1.75. The lowest BCUT2D eigenvalue weighted by Crippen LogP contribution is -2.35. The summed E-state index contributed by atoms with van der Waals surface area (Å²) in [6, 6.07) is 2.08. The summed E-state index contributed by atoms with van der Waals surface area (Å²) in [4.78, 5) is 15.5. The van der Waals surface area contributed by atoms with E-state index in [2.05, 4.69) is 38.0 Å². The Morgan fingerprint density at radius 1 is 1.29 bits per heavy atom. The first-order valence-corrected chi connectivity index (χ1v) is 7.68. The molecule has 112 valence electrons. The number of hydrogen-bond donors (Lipinski definition) is 0. The van der Waals surface area contributed by atoms with E-state index in [1.54, 1.807) is 6.33 Å². The summed E-state index contributed by atoms with van der Waals surface area (Å²) in [5.41, 5.74) is 1.08. The van der Waals surface area contributed by atoms with Crippen LogP contribution in [-0.2, 0) is 12.8 Å². The molecular formula is C15H21N5O. The molecule has 0 saturated carbocycles. The highest BCUT2D eigenvalue weighted by atomic mass is 16.5. The zero-order valence-electron chi connectivity index (χ0n) is 12.6. The molecule has 1 fully saturated rings. The Morgan fingerprint density at radius 3 is 2.95 bits per heavy atom. The Hall–Kier alpha value is -1.98. The predicted molar refractivity (Wildman–Crippen MR) is 79.3 cm³/mol. The van der Waals surface area contributed by atoms with Gasteiger partial charge in [-0.15, -0.1) is 0 Å². The van der Waals surface area contributed by atoms with Gasteiger partial charge in [-0.3, -0.25) is 0 Å². The minimum absolute atomic E-state index is 0.322. The van der Waals surface area contributed by atoms with Gasteiger partial charge in [-0.2, -0.15) is 4.98 Å². The van der Waals surface area contributed by atoms with Gasteiger partial charge in [0.25, 0.3) is 0 Å².